The van der Waals surface area contributed by atoms with Crippen LogP contribution < -0.4 is 24.8 Å². The van der Waals surface area contributed by atoms with Crippen LogP contribution in [0.4, 0.5) is 0 Å². The van der Waals surface area contributed by atoms with Crippen LogP contribution in [-0.2, 0) is 21.3 Å². The van der Waals surface area contributed by atoms with Gasteiger partial charge < -0.3 is 24.8 Å². The number of hydrogen-bond acceptors (Lipinski definition) is 0. The summed E-state index contributed by atoms with van der Waals surface area (Å²) < 4.78 is 4.01. The van der Waals surface area contributed by atoms with Crippen molar-refractivity contribution in [2.45, 2.75) is 81.9 Å². The van der Waals surface area contributed by atoms with Gasteiger partial charge in [-0.2, -0.15) is 0 Å². The van der Waals surface area contributed by atoms with E-state index in [1.807, 2.05) is 8.48 Å². The van der Waals surface area contributed by atoms with Crippen LogP contribution in [0.2, 0.25) is 64.5 Å². The van der Waals surface area contributed by atoms with E-state index in [1.54, 1.807) is 19.5 Å². The molecule has 4 aromatic carbocycles. The molecule has 2 aliphatic rings. The summed E-state index contributed by atoms with van der Waals surface area (Å²) in [6, 6.07) is 37.8. The summed E-state index contributed by atoms with van der Waals surface area (Å²) in [6.07, 6.45) is 2.90. The summed E-state index contributed by atoms with van der Waals surface area (Å²) in [5.41, 5.74) is 12.4. The second-order valence-corrected chi connectivity index (χ2v) is 38.3. The fourth-order valence-corrected chi connectivity index (χ4v) is 32.6. The Bertz CT molecular complexity index is 1810. The van der Waals surface area contributed by atoms with Gasteiger partial charge in [0.05, 0.1) is 0 Å². The molecule has 0 heterocycles. The van der Waals surface area contributed by atoms with Crippen molar-refractivity contribution in [1.82, 2.24) is 0 Å². The van der Waals surface area contributed by atoms with Crippen LogP contribution >= 0.6 is 0 Å². The fraction of sp³-hybridized carbons (Fsp3) is 0.310. The molecule has 6 rings (SSSR count). The number of hydrogen-bond donors (Lipinski definition) is 0. The molecule has 0 amide bonds. The zero-order valence-corrected chi connectivity index (χ0v) is 37.7. The average Bonchev–Trinajstić information content (AvgIpc) is 3.54. The van der Waals surface area contributed by atoms with Crippen LogP contribution in [0.15, 0.2) is 117 Å². The fourth-order valence-electron chi connectivity index (χ4n) is 8.17. The van der Waals surface area contributed by atoms with E-state index < -0.39 is 45.5 Å². The van der Waals surface area contributed by atoms with Gasteiger partial charge in [-0.05, 0) is 0 Å². The maximum absolute atomic E-state index is 2.90. The second kappa shape index (κ2) is 14.5. The van der Waals surface area contributed by atoms with Crippen LogP contribution in [0, 0.1) is 13.8 Å². The predicted octanol–water partition coefficient (Wildman–Crippen LogP) is 5.93. The Morgan fingerprint density at radius 3 is 1.38 bits per heavy atom. The number of benzene rings is 4. The normalized spacial score (nSPS) is 15.9. The van der Waals surface area contributed by atoms with Crippen molar-refractivity contribution in [3.63, 3.8) is 0 Å². The van der Waals surface area contributed by atoms with Gasteiger partial charge in [-0.1, -0.05) is 0 Å². The quantitative estimate of drug-likeness (QED) is 0.204. The van der Waals surface area contributed by atoms with Gasteiger partial charge in [-0.15, -0.1) is 0 Å². The van der Waals surface area contributed by atoms with Crippen LogP contribution in [0.3, 0.4) is 0 Å². The Kier molecular flexibility index (Phi) is 11.8. The molecule has 250 valence electrons. The maximum atomic E-state index is 2.90. The van der Waals surface area contributed by atoms with E-state index in [4.69, 9.17) is 0 Å². The Morgan fingerprint density at radius 1 is 0.562 bits per heavy atom. The smallest absolute Gasteiger partial charge is 1.00 e. The molecule has 0 bridgehead atoms. The average molecular weight is 803 g/mol. The Morgan fingerprint density at radius 2 is 1.00 bits per heavy atom. The molecule has 0 spiro atoms. The summed E-state index contributed by atoms with van der Waals surface area (Å²) in [5, 5.41) is 3.73. The van der Waals surface area contributed by atoms with Crippen molar-refractivity contribution >= 4 is 27.4 Å². The van der Waals surface area contributed by atoms with Gasteiger partial charge in [0.2, 0.25) is 0 Å². The Hall–Kier alpha value is -1.66. The number of rotatable bonds is 7. The maximum Gasteiger partial charge on any atom is -1.00 e. The minimum absolute atomic E-state index is 0. The molecule has 0 aromatic heterocycles. The molecule has 0 radical (unpaired) electrons. The molecular formula is C42H52Cl2Si3Zr. The monoisotopic (exact) mass is 800 g/mol. The first-order chi connectivity index (χ1) is 21.6. The van der Waals surface area contributed by atoms with Gasteiger partial charge in [0.1, 0.15) is 0 Å². The van der Waals surface area contributed by atoms with Crippen LogP contribution in [0.5, 0.6) is 0 Å². The first-order valence-electron chi connectivity index (χ1n) is 17.1. The van der Waals surface area contributed by atoms with Gasteiger partial charge in [0.25, 0.3) is 0 Å². The van der Waals surface area contributed by atoms with E-state index in [-0.39, 0.29) is 24.8 Å². The number of fused-ring (bicyclic) bond motifs is 3. The molecule has 2 aliphatic carbocycles. The zero-order valence-electron chi connectivity index (χ0n) is 30.7. The molecule has 1 atom stereocenters. The van der Waals surface area contributed by atoms with Gasteiger partial charge in [-0.3, -0.25) is 0 Å². The largest absolute Gasteiger partial charge is 1.00 e. The minimum Gasteiger partial charge on any atom is -1.00 e. The van der Waals surface area contributed by atoms with E-state index in [0.29, 0.717) is 9.17 Å². The summed E-state index contributed by atoms with van der Waals surface area (Å²) in [4.78, 5) is 0. The van der Waals surface area contributed by atoms with E-state index in [0.717, 1.165) is 0 Å². The van der Waals surface area contributed by atoms with E-state index in [9.17, 15) is 0 Å². The third-order valence-corrected chi connectivity index (χ3v) is 26.1. The van der Waals surface area contributed by atoms with Crippen LogP contribution in [-0.4, -0.2) is 27.4 Å². The van der Waals surface area contributed by atoms with Gasteiger partial charge in [-0.25, -0.2) is 0 Å². The zero-order chi connectivity index (χ0) is 33.2. The summed E-state index contributed by atoms with van der Waals surface area (Å²) in [7, 11) is -4.93. The summed E-state index contributed by atoms with van der Waals surface area (Å²) in [5.74, 6) is 0. The molecule has 0 saturated heterocycles. The van der Waals surface area contributed by atoms with Gasteiger partial charge in [0, 0.05) is 0 Å². The molecule has 0 saturated carbocycles. The van der Waals surface area contributed by atoms with Crippen LogP contribution in [0.25, 0.3) is 11.1 Å². The molecule has 6 heteroatoms. The summed E-state index contributed by atoms with van der Waals surface area (Å²) in [6.45, 7) is 28.4. The van der Waals surface area contributed by atoms with E-state index in [2.05, 4.69) is 176 Å². The third kappa shape index (κ3) is 7.37. The van der Waals surface area contributed by atoms with Crippen LogP contribution in [0.1, 0.15) is 37.0 Å². The molecule has 48 heavy (non-hydrogen) atoms. The SMILES string of the molecule is Cc1ccc2c(c1)[CH]([Zr+2]([C]1=CC([Si](C)(C)C)=C([Si](C)(C)C)C1[Si](C)(C)C)=[C](c1ccccc1)c1ccccc1)c1cc(C)ccc1-2.[Cl-].[Cl-]. The van der Waals surface area contributed by atoms with Crippen molar-refractivity contribution < 1.29 is 46.1 Å². The molecule has 4 aromatic rings. The number of halogens is 2. The van der Waals surface area contributed by atoms with Crippen molar-refractivity contribution in [3.8, 4) is 11.1 Å². The predicted molar refractivity (Wildman–Crippen MR) is 208 cm³/mol. The topological polar surface area (TPSA) is 0 Å². The van der Waals surface area contributed by atoms with Crippen molar-refractivity contribution in [2.24, 2.45) is 0 Å². The first kappa shape index (κ1) is 39.1. The number of allylic oxidation sites excluding steroid dienone is 4. The molecule has 0 nitrogen and oxygen atoms in total. The molecule has 0 N–H and O–H groups in total. The van der Waals surface area contributed by atoms with E-state index in [1.165, 1.54) is 33.4 Å². The summed E-state index contributed by atoms with van der Waals surface area (Å²) >= 11 is -2.90. The molecule has 0 aliphatic heterocycles. The standard InChI is InChI=1S/C15H13.C14H29Si3.C13H10.2ClH.Zr/c1-10-3-5-14-12(7-10)9-13-8-11(2)4-6-15(13)14;1-15(2,3)12-10-11-13(16(4,5)6)14(12)17(7,8)9;1-3-7-12(8-4-1)11-13-9-5-2-6-10-13;;;/h3-9H,1-2H3;10,13H,1-9H3;1-10H;2*1H;/q;;;;;+2/p-2. The molecule has 0 fully saturated rings. The first-order valence-corrected chi connectivity index (χ1v) is 31.6. The minimum atomic E-state index is -2.90. The van der Waals surface area contributed by atoms with Gasteiger partial charge >= 0.3 is 292 Å². The third-order valence-electron chi connectivity index (χ3n) is 9.99. The van der Waals surface area contributed by atoms with Crippen molar-refractivity contribution in [2.75, 3.05) is 0 Å². The van der Waals surface area contributed by atoms with Crippen molar-refractivity contribution in [1.29, 1.82) is 0 Å². The van der Waals surface area contributed by atoms with E-state index >= 15 is 0 Å². The van der Waals surface area contributed by atoms with Gasteiger partial charge in [0.15, 0.2) is 0 Å². The number of aryl methyl sites for hydroxylation is 2. The molecular weight excluding hydrogens is 751 g/mol. The Balaban J connectivity index is 0.00000260. The van der Waals surface area contributed by atoms with Crippen molar-refractivity contribution in [3.05, 3.63) is 150 Å². The molecule has 1 unspecified atom stereocenters. The second-order valence-electron chi connectivity index (χ2n) is 16.9. The Labute approximate surface area is 314 Å².